The average molecular weight is 395 g/mol. The van der Waals surface area contributed by atoms with Gasteiger partial charge in [-0.2, -0.15) is 0 Å². The van der Waals surface area contributed by atoms with Crippen LogP contribution in [0, 0.1) is 0 Å². The Balaban J connectivity index is 1.84. The third-order valence-electron chi connectivity index (χ3n) is 4.48. The van der Waals surface area contributed by atoms with E-state index in [9.17, 15) is 9.59 Å². The molecule has 2 rings (SSSR count). The normalized spacial score (nSPS) is 14.4. The van der Waals surface area contributed by atoms with Crippen molar-refractivity contribution < 1.29 is 28.5 Å². The zero-order chi connectivity index (χ0) is 20.5. The number of hydrogen-bond donors (Lipinski definition) is 1. The third kappa shape index (κ3) is 5.66. The van der Waals surface area contributed by atoms with Crippen LogP contribution in [0.5, 0.6) is 17.2 Å². The highest BCUT2D eigenvalue weighted by Crippen LogP contribution is 2.38. The maximum atomic E-state index is 12.3. The number of nitrogens with zero attached hydrogens (tertiary/aromatic N) is 2. The summed E-state index contributed by atoms with van der Waals surface area (Å²) in [6, 6.07) is 3.61. The molecule has 0 radical (unpaired) electrons. The fourth-order valence-electron chi connectivity index (χ4n) is 3.00. The number of rotatable bonds is 8. The lowest BCUT2D eigenvalue weighted by Gasteiger charge is -2.33. The number of hydrogen-bond acceptors (Lipinski definition) is 7. The first-order valence-electron chi connectivity index (χ1n) is 9.22. The zero-order valence-electron chi connectivity index (χ0n) is 16.9. The van der Waals surface area contributed by atoms with Gasteiger partial charge >= 0.3 is 6.09 Å². The van der Waals surface area contributed by atoms with Crippen molar-refractivity contribution in [2.45, 2.75) is 13.5 Å². The molecule has 0 aliphatic carbocycles. The van der Waals surface area contributed by atoms with E-state index in [0.717, 1.165) is 5.56 Å². The molecule has 1 saturated heterocycles. The second-order valence-corrected chi connectivity index (χ2v) is 6.27. The molecule has 0 spiro atoms. The molecule has 1 aliphatic heterocycles. The van der Waals surface area contributed by atoms with Crippen molar-refractivity contribution in [1.29, 1.82) is 0 Å². The molecule has 1 aromatic rings. The molecule has 2 amide bonds. The Kier molecular flexibility index (Phi) is 8.19. The molecule has 156 valence electrons. The molecule has 0 bridgehead atoms. The first-order valence-corrected chi connectivity index (χ1v) is 9.22. The van der Waals surface area contributed by atoms with Gasteiger partial charge < -0.3 is 29.2 Å². The van der Waals surface area contributed by atoms with E-state index in [2.05, 4.69) is 5.32 Å². The zero-order valence-corrected chi connectivity index (χ0v) is 16.9. The smallest absolute Gasteiger partial charge is 0.409 e. The van der Waals surface area contributed by atoms with E-state index in [1.54, 1.807) is 45.3 Å². The Morgan fingerprint density at radius 2 is 1.61 bits per heavy atom. The molecule has 0 atom stereocenters. The Hall–Kier alpha value is -2.68. The second kappa shape index (κ2) is 10.6. The number of ether oxygens (including phenoxy) is 4. The maximum absolute atomic E-state index is 12.3. The highest BCUT2D eigenvalue weighted by Gasteiger charge is 2.23. The van der Waals surface area contributed by atoms with Gasteiger partial charge in [0.1, 0.15) is 0 Å². The van der Waals surface area contributed by atoms with Gasteiger partial charge in [-0.1, -0.05) is 0 Å². The van der Waals surface area contributed by atoms with Crippen LogP contribution in [0.3, 0.4) is 0 Å². The highest BCUT2D eigenvalue weighted by atomic mass is 16.6. The summed E-state index contributed by atoms with van der Waals surface area (Å²) in [7, 11) is 4.65. The van der Waals surface area contributed by atoms with Crippen LogP contribution in [0.25, 0.3) is 0 Å². The van der Waals surface area contributed by atoms with Crippen LogP contribution in [0.4, 0.5) is 4.79 Å². The van der Waals surface area contributed by atoms with Crippen molar-refractivity contribution in [3.05, 3.63) is 17.7 Å². The molecule has 1 aliphatic rings. The lowest BCUT2D eigenvalue weighted by atomic mass is 10.1. The summed E-state index contributed by atoms with van der Waals surface area (Å²) < 4.78 is 21.0. The van der Waals surface area contributed by atoms with Gasteiger partial charge in [-0.05, 0) is 24.6 Å². The lowest BCUT2D eigenvalue weighted by molar-refractivity contribution is -0.122. The van der Waals surface area contributed by atoms with Crippen molar-refractivity contribution in [1.82, 2.24) is 15.1 Å². The van der Waals surface area contributed by atoms with Crippen LogP contribution in [-0.4, -0.2) is 82.5 Å². The molecular formula is C19H29N3O6. The number of piperazine rings is 1. The third-order valence-corrected chi connectivity index (χ3v) is 4.48. The van der Waals surface area contributed by atoms with Gasteiger partial charge in [0, 0.05) is 32.7 Å². The fourth-order valence-corrected chi connectivity index (χ4v) is 3.00. The second-order valence-electron chi connectivity index (χ2n) is 6.27. The Morgan fingerprint density at radius 1 is 1.00 bits per heavy atom. The minimum Gasteiger partial charge on any atom is -0.493 e. The number of nitrogens with one attached hydrogen (secondary N) is 1. The Labute approximate surface area is 165 Å². The lowest BCUT2D eigenvalue weighted by Crippen LogP contribution is -2.51. The average Bonchev–Trinajstić information content (AvgIpc) is 2.72. The van der Waals surface area contributed by atoms with Gasteiger partial charge in [-0.3, -0.25) is 9.69 Å². The van der Waals surface area contributed by atoms with Crippen LogP contribution in [-0.2, 0) is 16.1 Å². The number of carbonyl (C=O) groups excluding carboxylic acids is 2. The predicted octanol–water partition coefficient (Wildman–Crippen LogP) is 1.10. The van der Waals surface area contributed by atoms with Gasteiger partial charge in [0.25, 0.3) is 0 Å². The van der Waals surface area contributed by atoms with E-state index in [1.165, 1.54) is 0 Å². The maximum Gasteiger partial charge on any atom is 0.409 e. The minimum atomic E-state index is -0.297. The van der Waals surface area contributed by atoms with Crippen molar-refractivity contribution in [2.75, 3.05) is 60.7 Å². The first-order chi connectivity index (χ1) is 13.5. The van der Waals surface area contributed by atoms with Crippen LogP contribution < -0.4 is 19.5 Å². The number of amides is 2. The molecule has 0 aromatic heterocycles. The molecule has 0 unspecified atom stereocenters. The SMILES string of the molecule is CCOC(=O)N1CCN(CC(=O)NCc2cc(OC)c(OC)c(OC)c2)CC1. The van der Waals surface area contributed by atoms with Crippen molar-refractivity contribution in [3.8, 4) is 17.2 Å². The van der Waals surface area contributed by atoms with Crippen molar-refractivity contribution in [2.24, 2.45) is 0 Å². The van der Waals surface area contributed by atoms with Crippen LogP contribution in [0.15, 0.2) is 12.1 Å². The predicted molar refractivity (Wildman–Crippen MR) is 103 cm³/mol. The molecule has 9 heteroatoms. The summed E-state index contributed by atoms with van der Waals surface area (Å²) in [5.41, 5.74) is 0.843. The van der Waals surface area contributed by atoms with Crippen LogP contribution in [0.2, 0.25) is 0 Å². The summed E-state index contributed by atoms with van der Waals surface area (Å²) in [5.74, 6) is 1.51. The summed E-state index contributed by atoms with van der Waals surface area (Å²) in [4.78, 5) is 27.7. The van der Waals surface area contributed by atoms with Crippen LogP contribution >= 0.6 is 0 Å². The standard InChI is InChI=1S/C19H29N3O6/c1-5-28-19(24)22-8-6-21(7-9-22)13-17(23)20-12-14-10-15(25-2)18(27-4)16(11-14)26-3/h10-11H,5-9,12-13H2,1-4H3,(H,20,23). The first kappa shape index (κ1) is 21.6. The molecule has 1 N–H and O–H groups in total. The number of benzene rings is 1. The van der Waals surface area contributed by atoms with Gasteiger partial charge in [-0.15, -0.1) is 0 Å². The van der Waals surface area contributed by atoms with E-state index in [1.807, 2.05) is 4.90 Å². The number of methoxy groups -OCH3 is 3. The summed E-state index contributed by atoms with van der Waals surface area (Å²) in [6.07, 6.45) is -0.297. The largest absolute Gasteiger partial charge is 0.493 e. The minimum absolute atomic E-state index is 0.0849. The van der Waals surface area contributed by atoms with E-state index < -0.39 is 0 Å². The van der Waals surface area contributed by atoms with E-state index in [0.29, 0.717) is 56.6 Å². The molecule has 1 heterocycles. The molecular weight excluding hydrogens is 366 g/mol. The Morgan fingerprint density at radius 3 is 2.11 bits per heavy atom. The quantitative estimate of drug-likeness (QED) is 0.705. The molecule has 1 fully saturated rings. The molecule has 1 aromatic carbocycles. The van der Waals surface area contributed by atoms with Gasteiger partial charge in [-0.25, -0.2) is 4.79 Å². The van der Waals surface area contributed by atoms with E-state index in [4.69, 9.17) is 18.9 Å². The van der Waals surface area contributed by atoms with E-state index >= 15 is 0 Å². The molecule has 9 nitrogen and oxygen atoms in total. The monoisotopic (exact) mass is 395 g/mol. The summed E-state index contributed by atoms with van der Waals surface area (Å²) >= 11 is 0. The summed E-state index contributed by atoms with van der Waals surface area (Å²) in [6.45, 7) is 5.15. The van der Waals surface area contributed by atoms with Crippen molar-refractivity contribution in [3.63, 3.8) is 0 Å². The van der Waals surface area contributed by atoms with Crippen LogP contribution in [0.1, 0.15) is 12.5 Å². The fraction of sp³-hybridized carbons (Fsp3) is 0.579. The van der Waals surface area contributed by atoms with Gasteiger partial charge in [0.15, 0.2) is 11.5 Å². The van der Waals surface area contributed by atoms with E-state index in [-0.39, 0.29) is 18.5 Å². The number of carbonyl (C=O) groups is 2. The van der Waals surface area contributed by atoms with Crippen molar-refractivity contribution >= 4 is 12.0 Å². The molecule has 28 heavy (non-hydrogen) atoms. The van der Waals surface area contributed by atoms with Gasteiger partial charge in [0.2, 0.25) is 11.7 Å². The van der Waals surface area contributed by atoms with Gasteiger partial charge in [0.05, 0.1) is 34.5 Å². The Bertz CT molecular complexity index is 649. The summed E-state index contributed by atoms with van der Waals surface area (Å²) in [5, 5.41) is 2.90. The topological polar surface area (TPSA) is 89.6 Å². The molecule has 0 saturated carbocycles. The highest BCUT2D eigenvalue weighted by molar-refractivity contribution is 5.78.